The maximum absolute atomic E-state index is 12.3. The second kappa shape index (κ2) is 7.86. The van der Waals surface area contributed by atoms with Crippen molar-refractivity contribution in [3.8, 4) is 0 Å². The van der Waals surface area contributed by atoms with Crippen molar-refractivity contribution in [3.63, 3.8) is 0 Å². The lowest BCUT2D eigenvalue weighted by molar-refractivity contribution is -0.138. The van der Waals surface area contributed by atoms with Crippen LogP contribution in [-0.2, 0) is 25.3 Å². The molecule has 3 rings (SSSR count). The van der Waals surface area contributed by atoms with Crippen molar-refractivity contribution < 1.29 is 23.1 Å². The number of rotatable bonds is 6. The van der Waals surface area contributed by atoms with Crippen molar-refractivity contribution in [2.45, 2.75) is 17.9 Å². The first-order valence-corrected chi connectivity index (χ1v) is 9.78. The van der Waals surface area contributed by atoms with Crippen molar-refractivity contribution in [1.29, 1.82) is 0 Å². The van der Waals surface area contributed by atoms with Crippen LogP contribution in [-0.4, -0.2) is 38.7 Å². The van der Waals surface area contributed by atoms with Gasteiger partial charge in [-0.1, -0.05) is 42.5 Å². The van der Waals surface area contributed by atoms with E-state index in [4.69, 9.17) is 4.74 Å². The first-order chi connectivity index (χ1) is 12.5. The van der Waals surface area contributed by atoms with Crippen molar-refractivity contribution in [3.05, 3.63) is 65.7 Å². The number of aliphatic hydroxyl groups is 1. The number of morpholine rings is 1. The van der Waals surface area contributed by atoms with Gasteiger partial charge in [0, 0.05) is 5.69 Å². The maximum Gasteiger partial charge on any atom is 0.246 e. The average Bonchev–Trinajstić information content (AvgIpc) is 2.62. The Morgan fingerprint density at radius 2 is 1.81 bits per heavy atom. The topological polar surface area (TPSA) is 105 Å². The fraction of sp³-hybridized carbons (Fsp3) is 0.278. The standard InChI is InChI=1S/C18H20N2O5S/c21-10-16-18(25-11-17(22)19-16)14-6-8-15(9-7-14)20-26(23,24)12-13-4-2-1-3-5-13/h1-9,16,18,20-21H,10-12H2,(H,19,22)/t16-,18-/m1/s1. The number of anilines is 1. The number of sulfonamides is 1. The molecule has 0 saturated carbocycles. The van der Waals surface area contributed by atoms with E-state index in [1.54, 1.807) is 48.5 Å². The monoisotopic (exact) mass is 376 g/mol. The molecule has 0 unspecified atom stereocenters. The number of nitrogens with one attached hydrogen (secondary N) is 2. The number of aliphatic hydroxyl groups excluding tert-OH is 1. The Morgan fingerprint density at radius 1 is 1.12 bits per heavy atom. The molecule has 1 aliphatic heterocycles. The first kappa shape index (κ1) is 18.4. The molecule has 1 saturated heterocycles. The van der Waals surface area contributed by atoms with Gasteiger partial charge in [-0.05, 0) is 23.3 Å². The van der Waals surface area contributed by atoms with E-state index in [9.17, 15) is 18.3 Å². The minimum atomic E-state index is -3.53. The number of carbonyl (C=O) groups is 1. The highest BCUT2D eigenvalue weighted by Crippen LogP contribution is 2.25. The summed E-state index contributed by atoms with van der Waals surface area (Å²) in [4.78, 5) is 11.3. The summed E-state index contributed by atoms with van der Waals surface area (Å²) in [6.45, 7) is -0.325. The lowest BCUT2D eigenvalue weighted by Crippen LogP contribution is -2.49. The van der Waals surface area contributed by atoms with Gasteiger partial charge < -0.3 is 15.2 Å². The van der Waals surface area contributed by atoms with E-state index in [0.717, 1.165) is 5.56 Å². The molecular formula is C18H20N2O5S. The Morgan fingerprint density at radius 3 is 2.46 bits per heavy atom. The zero-order valence-electron chi connectivity index (χ0n) is 14.0. The lowest BCUT2D eigenvalue weighted by atomic mass is 10.0. The third-order valence-electron chi connectivity index (χ3n) is 4.01. The Hall–Kier alpha value is -2.42. The van der Waals surface area contributed by atoms with Crippen LogP contribution in [0.3, 0.4) is 0 Å². The number of hydrogen-bond donors (Lipinski definition) is 3. The number of amides is 1. The van der Waals surface area contributed by atoms with E-state index in [1.807, 2.05) is 6.07 Å². The van der Waals surface area contributed by atoms with Crippen molar-refractivity contribution in [2.75, 3.05) is 17.9 Å². The quantitative estimate of drug-likeness (QED) is 0.702. The van der Waals surface area contributed by atoms with E-state index in [0.29, 0.717) is 11.3 Å². The van der Waals surface area contributed by atoms with E-state index < -0.39 is 22.2 Å². The largest absolute Gasteiger partial charge is 0.394 e. The third-order valence-corrected chi connectivity index (χ3v) is 5.27. The smallest absolute Gasteiger partial charge is 0.246 e. The molecule has 8 heteroatoms. The lowest BCUT2D eigenvalue weighted by Gasteiger charge is -2.31. The zero-order chi connectivity index (χ0) is 18.6. The molecule has 0 aromatic heterocycles. The van der Waals surface area contributed by atoms with E-state index in [-0.39, 0.29) is 24.9 Å². The van der Waals surface area contributed by atoms with Crippen molar-refractivity contribution >= 4 is 21.6 Å². The van der Waals surface area contributed by atoms with Crippen molar-refractivity contribution in [1.82, 2.24) is 5.32 Å². The number of benzene rings is 2. The summed E-state index contributed by atoms with van der Waals surface area (Å²) in [5, 5.41) is 12.1. The van der Waals surface area contributed by atoms with Gasteiger partial charge in [0.15, 0.2) is 0 Å². The molecule has 2 aromatic rings. The molecule has 0 spiro atoms. The SMILES string of the molecule is O=C1CO[C@H](c2ccc(NS(=O)(=O)Cc3ccccc3)cc2)[C@@H](CO)N1. The predicted molar refractivity (Wildman–Crippen MR) is 96.8 cm³/mol. The Kier molecular flexibility index (Phi) is 5.55. The summed E-state index contributed by atoms with van der Waals surface area (Å²) in [7, 11) is -3.53. The number of hydrogen-bond acceptors (Lipinski definition) is 5. The van der Waals surface area contributed by atoms with Crippen LogP contribution >= 0.6 is 0 Å². The molecule has 1 fully saturated rings. The van der Waals surface area contributed by atoms with E-state index in [1.165, 1.54) is 0 Å². The van der Waals surface area contributed by atoms with Gasteiger partial charge in [0.25, 0.3) is 0 Å². The van der Waals surface area contributed by atoms with Crippen LogP contribution in [0.15, 0.2) is 54.6 Å². The van der Waals surface area contributed by atoms with Crippen LogP contribution in [0.1, 0.15) is 17.2 Å². The molecule has 1 heterocycles. The highest BCUT2D eigenvalue weighted by atomic mass is 32.2. The summed E-state index contributed by atoms with van der Waals surface area (Å²) in [5.41, 5.74) is 1.88. The molecule has 0 radical (unpaired) electrons. The Labute approximate surface area is 152 Å². The first-order valence-electron chi connectivity index (χ1n) is 8.13. The van der Waals surface area contributed by atoms with Crippen molar-refractivity contribution in [2.24, 2.45) is 0 Å². The third kappa shape index (κ3) is 4.60. The molecule has 1 aliphatic rings. The molecular weight excluding hydrogens is 356 g/mol. The summed E-state index contributed by atoms with van der Waals surface area (Å²) in [5.74, 6) is -0.384. The van der Waals surface area contributed by atoms with Crippen LogP contribution in [0.25, 0.3) is 0 Å². The van der Waals surface area contributed by atoms with E-state index >= 15 is 0 Å². The molecule has 0 aliphatic carbocycles. The van der Waals surface area contributed by atoms with Gasteiger partial charge in [0.1, 0.15) is 12.7 Å². The van der Waals surface area contributed by atoms with Gasteiger partial charge in [-0.25, -0.2) is 8.42 Å². The van der Waals surface area contributed by atoms with Gasteiger partial charge in [0.05, 0.1) is 18.4 Å². The fourth-order valence-corrected chi connectivity index (χ4v) is 4.02. The second-order valence-corrected chi connectivity index (χ2v) is 7.78. The molecule has 3 N–H and O–H groups in total. The average molecular weight is 376 g/mol. The second-order valence-electron chi connectivity index (χ2n) is 6.06. The zero-order valence-corrected chi connectivity index (χ0v) is 14.8. The van der Waals surface area contributed by atoms with Crippen LogP contribution < -0.4 is 10.0 Å². The number of carbonyl (C=O) groups excluding carboxylic acids is 1. The van der Waals surface area contributed by atoms with Gasteiger partial charge in [0.2, 0.25) is 15.9 Å². The molecule has 2 atom stereocenters. The summed E-state index contributed by atoms with van der Waals surface area (Å²) < 4.78 is 32.6. The van der Waals surface area contributed by atoms with E-state index in [2.05, 4.69) is 10.0 Å². The summed E-state index contributed by atoms with van der Waals surface area (Å²) >= 11 is 0. The van der Waals surface area contributed by atoms with Crippen LogP contribution in [0.4, 0.5) is 5.69 Å². The molecule has 7 nitrogen and oxygen atoms in total. The van der Waals surface area contributed by atoms with Gasteiger partial charge >= 0.3 is 0 Å². The predicted octanol–water partition coefficient (Wildman–Crippen LogP) is 1.18. The van der Waals surface area contributed by atoms with Crippen LogP contribution in [0, 0.1) is 0 Å². The molecule has 2 aromatic carbocycles. The minimum absolute atomic E-state index is 0.0768. The highest BCUT2D eigenvalue weighted by molar-refractivity contribution is 7.91. The van der Waals surface area contributed by atoms with Crippen LogP contribution in [0.2, 0.25) is 0 Å². The number of ether oxygens (including phenoxy) is 1. The molecule has 26 heavy (non-hydrogen) atoms. The molecule has 138 valence electrons. The van der Waals surface area contributed by atoms with Gasteiger partial charge in [-0.2, -0.15) is 0 Å². The van der Waals surface area contributed by atoms with Crippen LogP contribution in [0.5, 0.6) is 0 Å². The minimum Gasteiger partial charge on any atom is -0.394 e. The Balaban J connectivity index is 1.68. The normalized spacial score (nSPS) is 20.4. The van der Waals surface area contributed by atoms with Gasteiger partial charge in [-0.15, -0.1) is 0 Å². The summed E-state index contributed by atoms with van der Waals surface area (Å²) in [6, 6.07) is 15.1. The summed E-state index contributed by atoms with van der Waals surface area (Å²) in [6.07, 6.45) is -0.479. The maximum atomic E-state index is 12.3. The molecule has 1 amide bonds. The highest BCUT2D eigenvalue weighted by Gasteiger charge is 2.30. The molecule has 0 bridgehead atoms. The van der Waals surface area contributed by atoms with Gasteiger partial charge in [-0.3, -0.25) is 9.52 Å². The fourth-order valence-electron chi connectivity index (χ4n) is 2.83. The Bertz CT molecular complexity index is 853.